The third-order valence-electron chi connectivity index (χ3n) is 8.89. The molecule has 3 N–H and O–H groups in total. The zero-order chi connectivity index (χ0) is 29.5. The summed E-state index contributed by atoms with van der Waals surface area (Å²) in [5, 5.41) is 16.2. The maximum Gasteiger partial charge on any atom is 0.101 e. The van der Waals surface area contributed by atoms with Crippen LogP contribution in [-0.2, 0) is 6.42 Å². The molecule has 0 spiro atoms. The molecule has 1 atom stereocenters. The van der Waals surface area contributed by atoms with E-state index in [4.69, 9.17) is 5.73 Å². The van der Waals surface area contributed by atoms with Crippen LogP contribution in [0.4, 0.5) is 0 Å². The normalized spacial score (nSPS) is 12.8. The zero-order valence-corrected chi connectivity index (χ0v) is 24.4. The first-order chi connectivity index (χ1) is 21.7. The van der Waals surface area contributed by atoms with Crippen LogP contribution in [0.25, 0.3) is 59.6 Å². The van der Waals surface area contributed by atoms with Crippen molar-refractivity contribution in [3.8, 4) is 0 Å². The molecule has 8 rings (SSSR count). The fourth-order valence-corrected chi connectivity index (χ4v) is 6.77. The van der Waals surface area contributed by atoms with Gasteiger partial charge in [0.1, 0.15) is 6.17 Å². The van der Waals surface area contributed by atoms with Crippen molar-refractivity contribution in [3.63, 3.8) is 0 Å². The van der Waals surface area contributed by atoms with Crippen molar-refractivity contribution in [1.29, 1.82) is 0 Å². The maximum atomic E-state index is 6.89. The Balaban J connectivity index is 1.37. The molecule has 0 heterocycles. The second-order valence-electron chi connectivity index (χ2n) is 11.5. The number of hydrogen-bond donors (Lipinski definition) is 2. The second-order valence-corrected chi connectivity index (χ2v) is 11.5. The summed E-state index contributed by atoms with van der Waals surface area (Å²) >= 11 is 0. The molecule has 2 heteroatoms. The number of allylic oxidation sites excluding steroid dienone is 1. The highest BCUT2D eigenvalue weighted by molar-refractivity contribution is 6.17. The van der Waals surface area contributed by atoms with E-state index >= 15 is 0 Å². The van der Waals surface area contributed by atoms with Crippen molar-refractivity contribution in [1.82, 2.24) is 5.32 Å². The van der Waals surface area contributed by atoms with Gasteiger partial charge in [-0.15, -0.1) is 0 Å². The summed E-state index contributed by atoms with van der Waals surface area (Å²) in [4.78, 5) is 0. The Morgan fingerprint density at radius 2 is 1.07 bits per heavy atom. The lowest BCUT2D eigenvalue weighted by Gasteiger charge is -2.22. The van der Waals surface area contributed by atoms with Gasteiger partial charge in [0.05, 0.1) is 0 Å². The van der Waals surface area contributed by atoms with Gasteiger partial charge in [0, 0.05) is 11.3 Å². The average molecular weight is 565 g/mol. The molecule has 2 nitrogen and oxygen atoms in total. The zero-order valence-electron chi connectivity index (χ0n) is 24.4. The Labute approximate surface area is 257 Å². The van der Waals surface area contributed by atoms with Gasteiger partial charge in [-0.25, -0.2) is 0 Å². The monoisotopic (exact) mass is 564 g/mol. The van der Waals surface area contributed by atoms with Crippen LogP contribution in [0.2, 0.25) is 0 Å². The van der Waals surface area contributed by atoms with E-state index in [2.05, 4.69) is 145 Å². The largest absolute Gasteiger partial charge is 0.366 e. The number of rotatable bonds is 6. The molecule has 0 aliphatic rings. The highest BCUT2D eigenvalue weighted by Crippen LogP contribution is 2.37. The van der Waals surface area contributed by atoms with Gasteiger partial charge in [-0.2, -0.15) is 0 Å². The summed E-state index contributed by atoms with van der Waals surface area (Å²) in [5.74, 6) is 0. The van der Waals surface area contributed by atoms with Gasteiger partial charge in [0.15, 0.2) is 0 Å². The highest BCUT2D eigenvalue weighted by atomic mass is 15.0. The van der Waals surface area contributed by atoms with Crippen LogP contribution in [0.3, 0.4) is 0 Å². The van der Waals surface area contributed by atoms with Gasteiger partial charge >= 0.3 is 0 Å². The smallest absolute Gasteiger partial charge is 0.101 e. The number of nitrogens with one attached hydrogen (secondary N) is 1. The van der Waals surface area contributed by atoms with E-state index in [1.165, 1.54) is 65.0 Å². The van der Waals surface area contributed by atoms with Gasteiger partial charge < -0.3 is 11.1 Å². The van der Waals surface area contributed by atoms with Gasteiger partial charge in [-0.05, 0) is 77.5 Å². The van der Waals surface area contributed by atoms with Crippen molar-refractivity contribution in [3.05, 3.63) is 174 Å². The minimum Gasteiger partial charge on any atom is -0.366 e. The van der Waals surface area contributed by atoms with Crippen LogP contribution in [0.1, 0.15) is 22.9 Å². The van der Waals surface area contributed by atoms with E-state index in [9.17, 15) is 0 Å². The van der Waals surface area contributed by atoms with E-state index in [1.54, 1.807) is 0 Å². The number of benzene rings is 8. The Morgan fingerprint density at radius 1 is 0.500 bits per heavy atom. The number of nitrogens with two attached hydrogens (primary N) is 1. The van der Waals surface area contributed by atoms with Gasteiger partial charge in [-0.1, -0.05) is 152 Å². The fraction of sp³-hybridized carbons (Fsp3) is 0.0476. The molecule has 1 unspecified atom stereocenters. The van der Waals surface area contributed by atoms with Gasteiger partial charge in [0.25, 0.3) is 0 Å². The van der Waals surface area contributed by atoms with Crippen LogP contribution in [0.15, 0.2) is 158 Å². The molecule has 8 aromatic rings. The first-order valence-corrected chi connectivity index (χ1v) is 15.2. The predicted molar refractivity (Wildman–Crippen MR) is 189 cm³/mol. The van der Waals surface area contributed by atoms with E-state index in [1.807, 2.05) is 18.2 Å². The van der Waals surface area contributed by atoms with Crippen LogP contribution in [-0.4, -0.2) is 0 Å². The molecule has 0 aliphatic heterocycles. The van der Waals surface area contributed by atoms with Crippen LogP contribution >= 0.6 is 0 Å². The lowest BCUT2D eigenvalue weighted by molar-refractivity contribution is 0.666. The molecule has 0 fully saturated rings. The van der Waals surface area contributed by atoms with E-state index in [0.29, 0.717) is 0 Å². The maximum absolute atomic E-state index is 6.89. The summed E-state index contributed by atoms with van der Waals surface area (Å²) in [6.45, 7) is 0. The standard InChI is InChI=1S/C42H32N2/c43-42(29-13-2-1-3-14-29)44-40(25-23-32-26-30-15-5-8-18-34(30)37-21-11-10-19-35(32)37)41-36-20-9-6-16-31(36)27-39-33-17-7-4-12-28(33)22-24-38(39)41/h1-22,24-27,42,44H,23,43H2/b40-25-. The van der Waals surface area contributed by atoms with Crippen LogP contribution in [0, 0.1) is 0 Å². The van der Waals surface area contributed by atoms with Crippen molar-refractivity contribution in [2.75, 3.05) is 0 Å². The van der Waals surface area contributed by atoms with Crippen molar-refractivity contribution in [2.45, 2.75) is 12.6 Å². The lowest BCUT2D eigenvalue weighted by atomic mass is 9.90. The molecular weight excluding hydrogens is 532 g/mol. The first kappa shape index (κ1) is 26.2. The van der Waals surface area contributed by atoms with Crippen LogP contribution < -0.4 is 11.1 Å². The molecule has 44 heavy (non-hydrogen) atoms. The minimum absolute atomic E-state index is 0.370. The van der Waals surface area contributed by atoms with Crippen molar-refractivity contribution in [2.24, 2.45) is 5.73 Å². The molecule has 210 valence electrons. The van der Waals surface area contributed by atoms with E-state index in [-0.39, 0.29) is 6.17 Å². The predicted octanol–water partition coefficient (Wildman–Crippen LogP) is 10.3. The Morgan fingerprint density at radius 3 is 1.82 bits per heavy atom. The van der Waals surface area contributed by atoms with Crippen molar-refractivity contribution >= 4 is 59.6 Å². The summed E-state index contributed by atoms with van der Waals surface area (Å²) in [7, 11) is 0. The molecule has 8 aromatic carbocycles. The van der Waals surface area contributed by atoms with Crippen LogP contribution in [0.5, 0.6) is 0 Å². The third-order valence-corrected chi connectivity index (χ3v) is 8.89. The molecule has 0 saturated carbocycles. The van der Waals surface area contributed by atoms with E-state index in [0.717, 1.165) is 17.7 Å². The topological polar surface area (TPSA) is 38.0 Å². The van der Waals surface area contributed by atoms with Crippen molar-refractivity contribution < 1.29 is 0 Å². The molecule has 0 radical (unpaired) electrons. The SMILES string of the molecule is NC(N/C(=C\Cc1cc2ccccc2c2ccccc12)c1c2ccccc2cc2c1ccc1ccccc12)c1ccccc1. The Kier molecular flexibility index (Phi) is 6.55. The first-order valence-electron chi connectivity index (χ1n) is 15.2. The highest BCUT2D eigenvalue weighted by Gasteiger charge is 2.17. The summed E-state index contributed by atoms with van der Waals surface area (Å²) in [6.07, 6.45) is 2.73. The third kappa shape index (κ3) is 4.57. The molecule has 0 bridgehead atoms. The summed E-state index contributed by atoms with van der Waals surface area (Å²) in [6, 6.07) is 54.2. The Bertz CT molecular complexity index is 2350. The molecule has 0 saturated heterocycles. The number of hydrogen-bond acceptors (Lipinski definition) is 2. The van der Waals surface area contributed by atoms with Gasteiger partial charge in [0.2, 0.25) is 0 Å². The molecule has 0 aliphatic carbocycles. The summed E-state index contributed by atoms with van der Waals surface area (Å²) < 4.78 is 0. The molecule has 0 aromatic heterocycles. The summed E-state index contributed by atoms with van der Waals surface area (Å²) in [5.41, 5.74) is 11.5. The lowest BCUT2D eigenvalue weighted by Crippen LogP contribution is -2.27. The fourth-order valence-electron chi connectivity index (χ4n) is 6.77. The van der Waals surface area contributed by atoms with E-state index < -0.39 is 0 Å². The average Bonchev–Trinajstić information content (AvgIpc) is 3.09. The number of fused-ring (bicyclic) bond motifs is 7. The molecule has 0 amide bonds. The Hall–Kier alpha value is -5.44. The van der Waals surface area contributed by atoms with Gasteiger partial charge in [-0.3, -0.25) is 0 Å². The molecular formula is C42H32N2. The minimum atomic E-state index is -0.370. The quantitative estimate of drug-likeness (QED) is 0.120. The second kappa shape index (κ2) is 11.0.